The van der Waals surface area contributed by atoms with Crippen LogP contribution in [-0.4, -0.2) is 29.3 Å². The molecule has 0 aliphatic carbocycles. The van der Waals surface area contributed by atoms with E-state index < -0.39 is 6.04 Å². The third kappa shape index (κ3) is 6.69. The molecule has 3 aromatic carbocycles. The molecule has 0 fully saturated rings. The molecule has 4 nitrogen and oxygen atoms in total. The van der Waals surface area contributed by atoms with E-state index in [9.17, 15) is 9.59 Å². The number of hydrogen-bond acceptors (Lipinski definition) is 2. The van der Waals surface area contributed by atoms with Crippen LogP contribution in [0.25, 0.3) is 0 Å². The van der Waals surface area contributed by atoms with Crippen molar-refractivity contribution in [3.8, 4) is 0 Å². The Kier molecular flexibility index (Phi) is 8.88. The molecule has 5 heteroatoms. The Morgan fingerprint density at radius 3 is 2.09 bits per heavy atom. The summed E-state index contributed by atoms with van der Waals surface area (Å²) >= 11 is 6.42. The molecule has 0 aliphatic rings. The first-order chi connectivity index (χ1) is 15.6. The first kappa shape index (κ1) is 23.6. The summed E-state index contributed by atoms with van der Waals surface area (Å²) in [5, 5.41) is 3.57. The molecule has 0 spiro atoms. The van der Waals surface area contributed by atoms with Crippen LogP contribution in [0.5, 0.6) is 0 Å². The maximum absolute atomic E-state index is 13.5. The number of nitrogens with one attached hydrogen (secondary N) is 1. The Balaban J connectivity index is 1.95. The average molecular weight is 449 g/mol. The van der Waals surface area contributed by atoms with E-state index in [1.54, 1.807) is 11.0 Å². The molecule has 1 atom stereocenters. The fourth-order valence-electron chi connectivity index (χ4n) is 3.60. The van der Waals surface area contributed by atoms with Crippen LogP contribution < -0.4 is 5.32 Å². The van der Waals surface area contributed by atoms with Crippen molar-refractivity contribution in [1.82, 2.24) is 10.2 Å². The van der Waals surface area contributed by atoms with E-state index in [1.807, 2.05) is 85.8 Å². The van der Waals surface area contributed by atoms with Crippen LogP contribution in [0.4, 0.5) is 0 Å². The number of amides is 2. The highest BCUT2D eigenvalue weighted by Crippen LogP contribution is 2.21. The summed E-state index contributed by atoms with van der Waals surface area (Å²) in [4.78, 5) is 28.5. The lowest BCUT2D eigenvalue weighted by Crippen LogP contribution is -2.51. The number of rotatable bonds is 10. The predicted octanol–water partition coefficient (Wildman–Crippen LogP) is 5.05. The largest absolute Gasteiger partial charge is 0.354 e. The van der Waals surface area contributed by atoms with E-state index in [1.165, 1.54) is 0 Å². The van der Waals surface area contributed by atoms with Gasteiger partial charge in [-0.3, -0.25) is 9.59 Å². The standard InChI is InChI=1S/C27H29ClN2O2/c1-2-17-29-27(32)25(18-21-11-5-3-6-12-21)30(20-23-15-9-10-16-24(23)28)26(31)19-22-13-7-4-8-14-22/h3-16,25H,2,17-20H2,1H3,(H,29,32). The quantitative estimate of drug-likeness (QED) is 0.472. The van der Waals surface area contributed by atoms with Gasteiger partial charge in [-0.25, -0.2) is 0 Å². The summed E-state index contributed by atoms with van der Waals surface area (Å²) in [5.74, 6) is -0.257. The molecule has 2 amide bonds. The van der Waals surface area contributed by atoms with Crippen LogP contribution in [-0.2, 0) is 29.0 Å². The lowest BCUT2D eigenvalue weighted by atomic mass is 10.0. The van der Waals surface area contributed by atoms with E-state index in [2.05, 4.69) is 5.32 Å². The molecule has 32 heavy (non-hydrogen) atoms. The smallest absolute Gasteiger partial charge is 0.243 e. The molecule has 3 aromatic rings. The van der Waals surface area contributed by atoms with Gasteiger partial charge in [0.15, 0.2) is 0 Å². The van der Waals surface area contributed by atoms with Crippen molar-refractivity contribution in [3.63, 3.8) is 0 Å². The first-order valence-corrected chi connectivity index (χ1v) is 11.3. The van der Waals surface area contributed by atoms with Crippen molar-refractivity contribution < 1.29 is 9.59 Å². The van der Waals surface area contributed by atoms with Gasteiger partial charge in [0.25, 0.3) is 0 Å². The third-order valence-corrected chi connectivity index (χ3v) is 5.69. The summed E-state index contributed by atoms with van der Waals surface area (Å²) in [5.41, 5.74) is 2.73. The summed E-state index contributed by atoms with van der Waals surface area (Å²) in [6.07, 6.45) is 1.48. The zero-order valence-electron chi connectivity index (χ0n) is 18.3. The highest BCUT2D eigenvalue weighted by molar-refractivity contribution is 6.31. The van der Waals surface area contributed by atoms with Gasteiger partial charge in [0, 0.05) is 24.5 Å². The maximum Gasteiger partial charge on any atom is 0.243 e. The summed E-state index contributed by atoms with van der Waals surface area (Å²) in [6, 6.07) is 26.2. The van der Waals surface area contributed by atoms with Gasteiger partial charge in [-0.1, -0.05) is 97.4 Å². The Morgan fingerprint density at radius 2 is 1.47 bits per heavy atom. The highest BCUT2D eigenvalue weighted by Gasteiger charge is 2.30. The van der Waals surface area contributed by atoms with Crippen molar-refractivity contribution in [2.24, 2.45) is 0 Å². The second kappa shape index (κ2) is 12.1. The van der Waals surface area contributed by atoms with E-state index in [4.69, 9.17) is 11.6 Å². The molecule has 166 valence electrons. The van der Waals surface area contributed by atoms with Crippen LogP contribution in [0.3, 0.4) is 0 Å². The molecule has 1 N–H and O–H groups in total. The first-order valence-electron chi connectivity index (χ1n) is 11.0. The van der Waals surface area contributed by atoms with Gasteiger partial charge in [0.05, 0.1) is 6.42 Å². The van der Waals surface area contributed by atoms with Crippen molar-refractivity contribution in [2.75, 3.05) is 6.54 Å². The average Bonchev–Trinajstić information content (AvgIpc) is 2.82. The zero-order valence-corrected chi connectivity index (χ0v) is 19.1. The van der Waals surface area contributed by atoms with Gasteiger partial charge in [-0.15, -0.1) is 0 Å². The van der Waals surface area contributed by atoms with Crippen molar-refractivity contribution in [3.05, 3.63) is 107 Å². The Morgan fingerprint density at radius 1 is 0.875 bits per heavy atom. The minimum absolute atomic E-state index is 0.108. The summed E-state index contributed by atoms with van der Waals surface area (Å²) in [7, 11) is 0. The van der Waals surface area contributed by atoms with Gasteiger partial charge in [0.1, 0.15) is 6.04 Å². The number of halogens is 1. The molecule has 0 saturated carbocycles. The second-order valence-electron chi connectivity index (χ2n) is 7.77. The molecule has 0 radical (unpaired) electrons. The van der Waals surface area contributed by atoms with Crippen molar-refractivity contribution in [2.45, 2.75) is 38.8 Å². The van der Waals surface area contributed by atoms with Crippen LogP contribution in [0.2, 0.25) is 5.02 Å². The van der Waals surface area contributed by atoms with Crippen LogP contribution in [0.1, 0.15) is 30.0 Å². The van der Waals surface area contributed by atoms with E-state index >= 15 is 0 Å². The van der Waals surface area contributed by atoms with Gasteiger partial charge in [0.2, 0.25) is 11.8 Å². The highest BCUT2D eigenvalue weighted by atomic mass is 35.5. The third-order valence-electron chi connectivity index (χ3n) is 5.32. The molecule has 3 rings (SSSR count). The van der Waals surface area contributed by atoms with E-state index in [-0.39, 0.29) is 24.8 Å². The Bertz CT molecular complexity index is 1010. The maximum atomic E-state index is 13.5. The summed E-state index contributed by atoms with van der Waals surface area (Å²) < 4.78 is 0. The lowest BCUT2D eigenvalue weighted by molar-refractivity contribution is -0.140. The lowest BCUT2D eigenvalue weighted by Gasteiger charge is -2.32. The Hall–Kier alpha value is -3.11. The van der Waals surface area contributed by atoms with Gasteiger partial charge < -0.3 is 10.2 Å². The molecule has 0 heterocycles. The van der Waals surface area contributed by atoms with Crippen LogP contribution >= 0.6 is 11.6 Å². The van der Waals surface area contributed by atoms with Crippen molar-refractivity contribution in [1.29, 1.82) is 0 Å². The molecule has 0 bridgehead atoms. The Labute approximate surface area is 195 Å². The molecular formula is C27H29ClN2O2. The number of benzene rings is 3. The molecule has 0 saturated heterocycles. The SMILES string of the molecule is CCCNC(=O)C(Cc1ccccc1)N(Cc1ccccc1Cl)C(=O)Cc1ccccc1. The fraction of sp³-hybridized carbons (Fsp3) is 0.259. The van der Waals surface area contributed by atoms with Crippen molar-refractivity contribution >= 4 is 23.4 Å². The number of carbonyl (C=O) groups is 2. The van der Waals surface area contributed by atoms with E-state index in [0.717, 1.165) is 23.1 Å². The van der Waals surface area contributed by atoms with Gasteiger partial charge in [-0.05, 0) is 29.2 Å². The van der Waals surface area contributed by atoms with E-state index in [0.29, 0.717) is 18.0 Å². The normalized spacial score (nSPS) is 11.6. The topological polar surface area (TPSA) is 49.4 Å². The molecule has 0 aliphatic heterocycles. The second-order valence-corrected chi connectivity index (χ2v) is 8.18. The van der Waals surface area contributed by atoms with Crippen LogP contribution in [0, 0.1) is 0 Å². The predicted molar refractivity (Wildman–Crippen MR) is 129 cm³/mol. The monoisotopic (exact) mass is 448 g/mol. The zero-order chi connectivity index (χ0) is 22.8. The summed E-state index contributed by atoms with van der Waals surface area (Å²) in [6.45, 7) is 2.84. The fourth-order valence-corrected chi connectivity index (χ4v) is 3.80. The molecular weight excluding hydrogens is 420 g/mol. The van der Waals surface area contributed by atoms with Gasteiger partial charge >= 0.3 is 0 Å². The number of carbonyl (C=O) groups excluding carboxylic acids is 2. The van der Waals surface area contributed by atoms with Gasteiger partial charge in [-0.2, -0.15) is 0 Å². The van der Waals surface area contributed by atoms with Crippen LogP contribution in [0.15, 0.2) is 84.9 Å². The minimum Gasteiger partial charge on any atom is -0.354 e. The molecule has 0 aromatic heterocycles. The minimum atomic E-state index is -0.642. The number of hydrogen-bond donors (Lipinski definition) is 1. The number of nitrogens with zero attached hydrogens (tertiary/aromatic N) is 1. The molecule has 1 unspecified atom stereocenters.